The van der Waals surface area contributed by atoms with E-state index in [1.807, 2.05) is 32.6 Å². The Morgan fingerprint density at radius 1 is 1.05 bits per heavy atom. The lowest BCUT2D eigenvalue weighted by molar-refractivity contribution is -0.131. The number of carbonyl (C=O) groups excluding carboxylic acids is 1. The van der Waals surface area contributed by atoms with Crippen molar-refractivity contribution in [1.29, 1.82) is 0 Å². The van der Waals surface area contributed by atoms with E-state index in [0.29, 0.717) is 0 Å². The van der Waals surface area contributed by atoms with E-state index in [-0.39, 0.29) is 24.9 Å². The third-order valence-corrected chi connectivity index (χ3v) is 4.79. The molecule has 0 aromatic carbocycles. The van der Waals surface area contributed by atoms with Gasteiger partial charge in [0.05, 0.1) is 6.26 Å². The van der Waals surface area contributed by atoms with E-state index in [0.717, 1.165) is 32.4 Å². The third-order valence-electron chi connectivity index (χ3n) is 3.39. The number of carbonyl (C=O) groups is 1. The van der Waals surface area contributed by atoms with Gasteiger partial charge in [-0.05, 0) is 26.2 Å². The lowest BCUT2D eigenvalue weighted by Crippen LogP contribution is -2.41. The number of hydrogen-bond donors (Lipinski definition) is 0. The molecule has 0 saturated heterocycles. The zero-order chi connectivity index (χ0) is 15.8. The van der Waals surface area contributed by atoms with E-state index in [9.17, 15) is 13.2 Å². The smallest absolute Gasteiger partial charge is 0.223 e. The number of sulfonamides is 1. The zero-order valence-corrected chi connectivity index (χ0v) is 14.4. The van der Waals surface area contributed by atoms with E-state index in [4.69, 9.17) is 0 Å². The predicted octanol–water partition coefficient (Wildman–Crippen LogP) is 2.09. The Balaban J connectivity index is 4.65. The normalized spacial score (nSPS) is 13.5. The Bertz CT molecular complexity index is 376. The summed E-state index contributed by atoms with van der Waals surface area (Å²) >= 11 is 0. The van der Waals surface area contributed by atoms with Gasteiger partial charge in [0.25, 0.3) is 0 Å². The second-order valence-electron chi connectivity index (χ2n) is 5.26. The predicted molar refractivity (Wildman–Crippen MR) is 83.1 cm³/mol. The molecular weight excluding hydrogens is 276 g/mol. The maximum Gasteiger partial charge on any atom is 0.223 e. The van der Waals surface area contributed by atoms with Crippen LogP contribution in [0.3, 0.4) is 0 Å². The molecule has 0 radical (unpaired) electrons. The van der Waals surface area contributed by atoms with Crippen molar-refractivity contribution in [3.63, 3.8) is 0 Å². The van der Waals surface area contributed by atoms with Crippen LogP contribution in [0.4, 0.5) is 0 Å². The first-order valence-corrected chi connectivity index (χ1v) is 9.37. The highest BCUT2D eigenvalue weighted by atomic mass is 32.2. The van der Waals surface area contributed by atoms with Gasteiger partial charge >= 0.3 is 0 Å². The molecule has 1 atom stereocenters. The molecule has 0 saturated carbocycles. The second kappa shape index (κ2) is 9.34. The van der Waals surface area contributed by atoms with E-state index in [2.05, 4.69) is 0 Å². The fraction of sp³-hybridized carbons (Fsp3) is 0.929. The van der Waals surface area contributed by atoms with Crippen molar-refractivity contribution in [3.8, 4) is 0 Å². The summed E-state index contributed by atoms with van der Waals surface area (Å²) in [5.74, 6) is 0.0469. The first kappa shape index (κ1) is 19.4. The molecule has 6 heteroatoms. The molecule has 0 aliphatic heterocycles. The topological polar surface area (TPSA) is 57.7 Å². The summed E-state index contributed by atoms with van der Waals surface area (Å²) in [5.41, 5.74) is 0. The number of rotatable bonds is 10. The maximum atomic E-state index is 12.2. The summed E-state index contributed by atoms with van der Waals surface area (Å²) in [5, 5.41) is 0. The summed E-state index contributed by atoms with van der Waals surface area (Å²) in [4.78, 5) is 14.0. The molecule has 0 aliphatic rings. The van der Waals surface area contributed by atoms with Crippen molar-refractivity contribution in [2.24, 2.45) is 0 Å². The van der Waals surface area contributed by atoms with Crippen LogP contribution in [0.25, 0.3) is 0 Å². The average molecular weight is 306 g/mol. The van der Waals surface area contributed by atoms with Crippen LogP contribution < -0.4 is 0 Å². The minimum atomic E-state index is -3.26. The summed E-state index contributed by atoms with van der Waals surface area (Å²) in [6, 6.07) is -0.0661. The Morgan fingerprint density at radius 3 is 1.90 bits per heavy atom. The van der Waals surface area contributed by atoms with Gasteiger partial charge in [-0.25, -0.2) is 8.42 Å². The quantitative estimate of drug-likeness (QED) is 0.621. The summed E-state index contributed by atoms with van der Waals surface area (Å²) in [7, 11) is -3.26. The Hall–Kier alpha value is -0.620. The van der Waals surface area contributed by atoms with Gasteiger partial charge in [0.2, 0.25) is 15.9 Å². The molecule has 5 nitrogen and oxygen atoms in total. The van der Waals surface area contributed by atoms with Crippen LogP contribution >= 0.6 is 0 Å². The Morgan fingerprint density at radius 2 is 1.55 bits per heavy atom. The van der Waals surface area contributed by atoms with Crippen LogP contribution in [0.1, 0.15) is 53.4 Å². The Kier molecular flexibility index (Phi) is 9.05. The van der Waals surface area contributed by atoms with Crippen molar-refractivity contribution < 1.29 is 13.2 Å². The van der Waals surface area contributed by atoms with Crippen molar-refractivity contribution in [3.05, 3.63) is 0 Å². The standard InChI is InChI=1S/C14H30N2O3S/c1-6-10-15(11-7-2)14(17)9-12-16(13(4)8-3)20(5,18)19/h13H,6-12H2,1-5H3. The lowest BCUT2D eigenvalue weighted by Gasteiger charge is -2.27. The largest absolute Gasteiger partial charge is 0.343 e. The molecule has 0 aromatic heterocycles. The van der Waals surface area contributed by atoms with Crippen LogP contribution in [-0.4, -0.2) is 55.5 Å². The SMILES string of the molecule is CCCN(CCC)C(=O)CCN(C(C)CC)S(C)(=O)=O. The van der Waals surface area contributed by atoms with Gasteiger partial charge < -0.3 is 4.90 Å². The molecule has 0 bridgehead atoms. The molecule has 0 heterocycles. The zero-order valence-electron chi connectivity index (χ0n) is 13.6. The van der Waals surface area contributed by atoms with Crippen molar-refractivity contribution in [2.45, 2.75) is 59.4 Å². The monoisotopic (exact) mass is 306 g/mol. The number of nitrogens with zero attached hydrogens (tertiary/aromatic N) is 2. The summed E-state index contributed by atoms with van der Waals surface area (Å²) < 4.78 is 25.0. The highest BCUT2D eigenvalue weighted by molar-refractivity contribution is 7.88. The molecule has 0 aromatic rings. The molecular formula is C14H30N2O3S. The molecule has 0 N–H and O–H groups in total. The van der Waals surface area contributed by atoms with Gasteiger partial charge in [0.1, 0.15) is 0 Å². The second-order valence-corrected chi connectivity index (χ2v) is 7.20. The van der Waals surface area contributed by atoms with Gasteiger partial charge in [-0.15, -0.1) is 0 Å². The molecule has 0 fully saturated rings. The molecule has 120 valence electrons. The van der Waals surface area contributed by atoms with E-state index >= 15 is 0 Å². The summed E-state index contributed by atoms with van der Waals surface area (Å²) in [6.45, 7) is 9.67. The minimum Gasteiger partial charge on any atom is -0.343 e. The van der Waals surface area contributed by atoms with Gasteiger partial charge in [-0.2, -0.15) is 4.31 Å². The molecule has 0 aliphatic carbocycles. The lowest BCUT2D eigenvalue weighted by atomic mass is 10.2. The fourth-order valence-corrected chi connectivity index (χ4v) is 3.41. The van der Waals surface area contributed by atoms with Crippen LogP contribution in [-0.2, 0) is 14.8 Å². The molecule has 0 spiro atoms. The first-order chi connectivity index (χ1) is 9.27. The minimum absolute atomic E-state index is 0.0469. The number of amides is 1. The van der Waals surface area contributed by atoms with Gasteiger partial charge in [-0.3, -0.25) is 4.79 Å². The Labute approximate surface area is 124 Å². The van der Waals surface area contributed by atoms with Gasteiger partial charge in [0, 0.05) is 32.1 Å². The molecule has 20 heavy (non-hydrogen) atoms. The summed E-state index contributed by atoms with van der Waals surface area (Å²) in [6.07, 6.45) is 4.06. The van der Waals surface area contributed by atoms with Gasteiger partial charge in [0.15, 0.2) is 0 Å². The molecule has 1 amide bonds. The third kappa shape index (κ3) is 6.70. The van der Waals surface area contributed by atoms with Crippen molar-refractivity contribution >= 4 is 15.9 Å². The van der Waals surface area contributed by atoms with Crippen LogP contribution in [0.5, 0.6) is 0 Å². The highest BCUT2D eigenvalue weighted by Gasteiger charge is 2.23. The number of hydrogen-bond acceptors (Lipinski definition) is 3. The maximum absolute atomic E-state index is 12.2. The molecule has 1 unspecified atom stereocenters. The van der Waals surface area contributed by atoms with E-state index in [1.165, 1.54) is 10.6 Å². The highest BCUT2D eigenvalue weighted by Crippen LogP contribution is 2.10. The average Bonchev–Trinajstić information content (AvgIpc) is 2.36. The van der Waals surface area contributed by atoms with E-state index < -0.39 is 10.0 Å². The van der Waals surface area contributed by atoms with Crippen LogP contribution in [0.2, 0.25) is 0 Å². The fourth-order valence-electron chi connectivity index (χ4n) is 2.18. The first-order valence-electron chi connectivity index (χ1n) is 7.52. The van der Waals surface area contributed by atoms with Crippen LogP contribution in [0, 0.1) is 0 Å². The molecule has 0 rings (SSSR count). The van der Waals surface area contributed by atoms with Gasteiger partial charge in [-0.1, -0.05) is 20.8 Å². The van der Waals surface area contributed by atoms with Crippen LogP contribution in [0.15, 0.2) is 0 Å². The van der Waals surface area contributed by atoms with E-state index in [1.54, 1.807) is 0 Å². The van der Waals surface area contributed by atoms with Crippen molar-refractivity contribution in [1.82, 2.24) is 9.21 Å². The van der Waals surface area contributed by atoms with Crippen molar-refractivity contribution in [2.75, 3.05) is 25.9 Å².